The molecule has 7 unspecified atom stereocenters. The van der Waals surface area contributed by atoms with Gasteiger partial charge in [-0.15, -0.1) is 0 Å². The summed E-state index contributed by atoms with van der Waals surface area (Å²) in [5.41, 5.74) is 4.49. The van der Waals surface area contributed by atoms with Crippen molar-refractivity contribution in [3.8, 4) is 0 Å². The fourth-order valence-electron chi connectivity index (χ4n) is 7.61. The van der Waals surface area contributed by atoms with E-state index in [1.807, 2.05) is 20.8 Å². The number of rotatable bonds is 30. The summed E-state index contributed by atoms with van der Waals surface area (Å²) in [6.45, 7) is 19.7. The smallest absolute Gasteiger partial charge is 0.407 e. The Morgan fingerprint density at radius 2 is 1.33 bits per heavy atom. The van der Waals surface area contributed by atoms with Gasteiger partial charge in [-0.25, -0.2) is 14.4 Å². The molecule has 0 aromatic heterocycles. The highest BCUT2D eigenvalue weighted by Gasteiger charge is 2.39. The lowest BCUT2D eigenvalue weighted by Gasteiger charge is -2.36. The molecule has 0 radical (unpaired) electrons. The lowest BCUT2D eigenvalue weighted by molar-refractivity contribution is -0.147. The van der Waals surface area contributed by atoms with E-state index in [9.17, 15) is 38.7 Å². The monoisotopic (exact) mass is 956 g/mol. The number of hydrogen-bond acceptors (Lipinski definition) is 12. The van der Waals surface area contributed by atoms with Gasteiger partial charge < -0.3 is 61.3 Å². The number of carbonyl (C=O) groups is 7. The molecule has 0 heterocycles. The van der Waals surface area contributed by atoms with Gasteiger partial charge >= 0.3 is 18.2 Å². The second kappa shape index (κ2) is 31.0. The van der Waals surface area contributed by atoms with E-state index in [-0.39, 0.29) is 37.0 Å². The summed E-state index contributed by atoms with van der Waals surface area (Å²) in [5.74, 6) is -4.77. The Bertz CT molecular complexity index is 1530. The predicted molar refractivity (Wildman–Crippen MR) is 256 cm³/mol. The number of likely N-dealkylation sites (N-methyl/N-ethyl adjacent to an activating group) is 1. The average molecular weight is 956 g/mol. The minimum absolute atomic E-state index is 0.0122. The average Bonchev–Trinajstić information content (AvgIpc) is 3.22. The molecule has 0 aromatic rings. The summed E-state index contributed by atoms with van der Waals surface area (Å²) in [6.07, 6.45) is 7.88. The quantitative estimate of drug-likeness (QED) is 0.0459. The molecule has 0 saturated heterocycles. The van der Waals surface area contributed by atoms with Crippen molar-refractivity contribution < 1.29 is 57.6 Å². The summed E-state index contributed by atoms with van der Waals surface area (Å²) in [6, 6.07) is -5.35. The van der Waals surface area contributed by atoms with Crippen LogP contribution in [0.15, 0.2) is 0 Å². The van der Waals surface area contributed by atoms with Crippen molar-refractivity contribution in [2.24, 2.45) is 23.5 Å². The normalized spacial score (nSPS) is 16.6. The van der Waals surface area contributed by atoms with Crippen LogP contribution in [0.4, 0.5) is 9.59 Å². The van der Waals surface area contributed by atoms with Crippen molar-refractivity contribution in [3.05, 3.63) is 0 Å². The summed E-state index contributed by atoms with van der Waals surface area (Å²) in [5, 5.41) is 23.2. The number of carboxylic acid groups (broad SMARTS) is 1. The Morgan fingerprint density at radius 3 is 1.88 bits per heavy atom. The van der Waals surface area contributed by atoms with E-state index in [1.165, 1.54) is 4.90 Å². The molecule has 1 aliphatic rings. The van der Waals surface area contributed by atoms with Crippen LogP contribution in [0, 0.1) is 17.8 Å². The fourth-order valence-corrected chi connectivity index (χ4v) is 7.61. The molecule has 0 bridgehead atoms. The Kier molecular flexibility index (Phi) is 28.1. The van der Waals surface area contributed by atoms with E-state index in [4.69, 9.17) is 24.7 Å². The van der Waals surface area contributed by atoms with Gasteiger partial charge in [0.2, 0.25) is 23.6 Å². The van der Waals surface area contributed by atoms with E-state index < -0.39 is 96.4 Å². The molecule has 1 saturated carbocycles. The SMILES string of the molecule is CCCCCCC(OCC(C)N)C(C)C(=O)N(C)C(CC(C)C)C(=O)NC(C(=O)NC(CNC(=O)OC(C)(C)C)C(=O)NC(COCCCCNC(=O)OC(C)(C)C)C(=O)O)C1CCCCC1. The van der Waals surface area contributed by atoms with Crippen LogP contribution < -0.4 is 32.3 Å². The Labute approximate surface area is 400 Å². The number of carboxylic acids is 1. The zero-order chi connectivity index (χ0) is 50.9. The van der Waals surface area contributed by atoms with Crippen LogP contribution in [0.3, 0.4) is 0 Å². The van der Waals surface area contributed by atoms with Crippen LogP contribution in [0.5, 0.6) is 0 Å². The van der Waals surface area contributed by atoms with Crippen LogP contribution in [0.25, 0.3) is 0 Å². The highest BCUT2D eigenvalue weighted by Crippen LogP contribution is 2.28. The number of unbranched alkanes of at least 4 members (excludes halogenated alkanes) is 4. The number of ether oxygens (including phenoxy) is 4. The summed E-state index contributed by atoms with van der Waals surface area (Å²) in [4.78, 5) is 95.5. The van der Waals surface area contributed by atoms with E-state index in [1.54, 1.807) is 55.5 Å². The number of nitrogens with two attached hydrogens (primary N) is 1. The van der Waals surface area contributed by atoms with Gasteiger partial charge in [0.05, 0.1) is 31.8 Å². The van der Waals surface area contributed by atoms with Crippen molar-refractivity contribution in [3.63, 3.8) is 0 Å². The molecule has 1 aliphatic carbocycles. The molecule has 19 heteroatoms. The van der Waals surface area contributed by atoms with Crippen LogP contribution in [-0.2, 0) is 42.9 Å². The molecule has 6 amide bonds. The van der Waals surface area contributed by atoms with E-state index in [0.717, 1.165) is 44.9 Å². The maximum absolute atomic E-state index is 14.5. The Balaban J connectivity index is 3.35. The molecule has 388 valence electrons. The Hall–Kier alpha value is -4.23. The molecular weight excluding hydrogens is 867 g/mol. The predicted octanol–water partition coefficient (Wildman–Crippen LogP) is 5.16. The number of nitrogens with zero attached hydrogens (tertiary/aromatic N) is 1. The highest BCUT2D eigenvalue weighted by molar-refractivity contribution is 5.95. The number of alkyl carbamates (subject to hydrolysis) is 2. The van der Waals surface area contributed by atoms with Gasteiger partial charge in [-0.2, -0.15) is 0 Å². The molecule has 7 atom stereocenters. The molecule has 0 aromatic carbocycles. The van der Waals surface area contributed by atoms with Gasteiger partial charge in [-0.1, -0.05) is 72.6 Å². The first-order valence-electron chi connectivity index (χ1n) is 24.5. The first-order valence-corrected chi connectivity index (χ1v) is 24.5. The number of aliphatic carboxylic acids is 1. The van der Waals surface area contributed by atoms with E-state index in [2.05, 4.69) is 33.5 Å². The maximum atomic E-state index is 14.5. The van der Waals surface area contributed by atoms with Crippen molar-refractivity contribution in [2.75, 3.05) is 40.0 Å². The van der Waals surface area contributed by atoms with Gasteiger partial charge in [-0.05, 0) is 98.8 Å². The largest absolute Gasteiger partial charge is 0.480 e. The summed E-state index contributed by atoms with van der Waals surface area (Å²) < 4.78 is 22.3. The van der Waals surface area contributed by atoms with E-state index >= 15 is 0 Å². The van der Waals surface area contributed by atoms with Crippen molar-refractivity contribution >= 4 is 41.8 Å². The molecule has 0 aliphatic heterocycles. The van der Waals surface area contributed by atoms with Crippen LogP contribution in [0.1, 0.15) is 160 Å². The number of nitrogens with one attached hydrogen (secondary N) is 5. The standard InChI is InChI=1S/C48H89N7O12/c1-13-14-15-19-24-38(65-29-32(4)49)33(5)43(59)55(12)37(27-31(2)3)41(57)54-39(34-22-17-16-18-23-34)42(58)52-35(28-51-46(63)67-48(9,10)11)40(56)53-36(44(60)61)30-64-26-21-20-25-50-45(62)66-47(6,7)8/h31-39H,13-30,49H2,1-12H3,(H,50,62)(H,51,63)(H,52,58)(H,53,56)(H,54,57)(H,60,61). The van der Waals surface area contributed by atoms with Gasteiger partial charge in [0, 0.05) is 26.2 Å². The second-order valence-corrected chi connectivity index (χ2v) is 20.5. The number of carbonyl (C=O) groups excluding carboxylic acids is 6. The van der Waals surface area contributed by atoms with Crippen molar-refractivity contribution in [1.82, 2.24) is 31.5 Å². The van der Waals surface area contributed by atoms with Crippen molar-refractivity contribution in [2.45, 2.75) is 207 Å². The van der Waals surface area contributed by atoms with Crippen molar-refractivity contribution in [1.29, 1.82) is 0 Å². The molecule has 1 fully saturated rings. The minimum Gasteiger partial charge on any atom is -0.480 e. The maximum Gasteiger partial charge on any atom is 0.407 e. The summed E-state index contributed by atoms with van der Waals surface area (Å²) in [7, 11) is 1.59. The lowest BCUT2D eigenvalue weighted by atomic mass is 9.83. The topological polar surface area (TPSA) is 266 Å². The minimum atomic E-state index is -1.53. The molecule has 67 heavy (non-hydrogen) atoms. The van der Waals surface area contributed by atoms with E-state index in [0.29, 0.717) is 45.1 Å². The third kappa shape index (κ3) is 26.2. The molecule has 19 nitrogen and oxygen atoms in total. The first-order chi connectivity index (χ1) is 31.3. The van der Waals surface area contributed by atoms with Crippen LogP contribution >= 0.6 is 0 Å². The highest BCUT2D eigenvalue weighted by atomic mass is 16.6. The third-order valence-corrected chi connectivity index (χ3v) is 11.1. The lowest BCUT2D eigenvalue weighted by Crippen LogP contribution is -2.62. The molecule has 0 spiro atoms. The zero-order valence-electron chi connectivity index (χ0n) is 42.9. The van der Waals surface area contributed by atoms with Gasteiger partial charge in [-0.3, -0.25) is 19.2 Å². The van der Waals surface area contributed by atoms with Gasteiger partial charge in [0.1, 0.15) is 29.3 Å². The molecule has 1 rings (SSSR count). The van der Waals surface area contributed by atoms with Crippen LogP contribution in [0.2, 0.25) is 0 Å². The zero-order valence-corrected chi connectivity index (χ0v) is 42.9. The summed E-state index contributed by atoms with van der Waals surface area (Å²) >= 11 is 0. The fraction of sp³-hybridized carbons (Fsp3) is 0.854. The first kappa shape index (κ1) is 60.8. The van der Waals surface area contributed by atoms with Gasteiger partial charge in [0.25, 0.3) is 0 Å². The second-order valence-electron chi connectivity index (χ2n) is 20.5. The molecule has 8 N–H and O–H groups in total. The Morgan fingerprint density at radius 1 is 0.731 bits per heavy atom. The molecular formula is C48H89N7O12. The number of amides is 6. The third-order valence-electron chi connectivity index (χ3n) is 11.1. The number of hydrogen-bond donors (Lipinski definition) is 7. The van der Waals surface area contributed by atoms with Gasteiger partial charge in [0.15, 0.2) is 6.04 Å². The van der Waals surface area contributed by atoms with Crippen LogP contribution in [-0.4, -0.2) is 139 Å².